The first kappa shape index (κ1) is 13.2. The molecule has 1 aromatic heterocycles. The minimum Gasteiger partial charge on any atom is -0.494 e. The van der Waals surface area contributed by atoms with E-state index in [2.05, 4.69) is 10.3 Å². The van der Waals surface area contributed by atoms with Gasteiger partial charge in [0.2, 0.25) is 0 Å². The molecule has 0 saturated carbocycles. The Bertz CT molecular complexity index is 805. The highest BCUT2D eigenvalue weighted by molar-refractivity contribution is 6.01. The summed E-state index contributed by atoms with van der Waals surface area (Å²) in [5, 5.41) is 5.06. The summed E-state index contributed by atoms with van der Waals surface area (Å²) in [4.78, 5) is 4.12. The molecule has 0 fully saturated rings. The second-order valence-corrected chi connectivity index (χ2v) is 4.60. The smallest absolute Gasteiger partial charge is 0.165 e. The Morgan fingerprint density at radius 2 is 2.00 bits per heavy atom. The molecule has 0 spiro atoms. The van der Waals surface area contributed by atoms with Crippen molar-refractivity contribution in [2.45, 2.75) is 0 Å². The molecule has 0 amide bonds. The third kappa shape index (κ3) is 2.45. The second-order valence-electron chi connectivity index (χ2n) is 4.60. The summed E-state index contributed by atoms with van der Waals surface area (Å²) in [6.45, 7) is 0. The number of halogens is 1. The van der Waals surface area contributed by atoms with Crippen LogP contribution in [0.25, 0.3) is 10.8 Å². The highest BCUT2D eigenvalue weighted by Crippen LogP contribution is 2.31. The van der Waals surface area contributed by atoms with Gasteiger partial charge in [0.15, 0.2) is 11.6 Å². The highest BCUT2D eigenvalue weighted by Gasteiger charge is 2.07. The lowest BCUT2D eigenvalue weighted by molar-refractivity contribution is 0.387. The zero-order chi connectivity index (χ0) is 14.8. The van der Waals surface area contributed by atoms with Crippen molar-refractivity contribution in [3.63, 3.8) is 0 Å². The number of methoxy groups -OCH3 is 1. The van der Waals surface area contributed by atoms with Gasteiger partial charge in [-0.05, 0) is 30.3 Å². The van der Waals surface area contributed by atoms with Crippen LogP contribution >= 0.6 is 0 Å². The molecule has 5 heteroatoms. The SMILES string of the molecule is COc1cc(Nc2ccc(N)c3ccncc23)ccc1F. The number of hydrogen-bond acceptors (Lipinski definition) is 4. The molecule has 0 unspecified atom stereocenters. The molecule has 0 atom stereocenters. The summed E-state index contributed by atoms with van der Waals surface area (Å²) in [6, 6.07) is 10.2. The van der Waals surface area contributed by atoms with E-state index in [4.69, 9.17) is 10.5 Å². The van der Waals surface area contributed by atoms with Crippen LogP contribution in [0, 0.1) is 5.82 Å². The summed E-state index contributed by atoms with van der Waals surface area (Å²) >= 11 is 0. The van der Waals surface area contributed by atoms with Crippen LogP contribution in [0.15, 0.2) is 48.8 Å². The number of pyridine rings is 1. The van der Waals surface area contributed by atoms with Crippen molar-refractivity contribution < 1.29 is 9.13 Å². The van der Waals surface area contributed by atoms with Crippen molar-refractivity contribution >= 4 is 27.8 Å². The van der Waals surface area contributed by atoms with Crippen LogP contribution in [0.5, 0.6) is 5.75 Å². The number of rotatable bonds is 3. The Balaban J connectivity index is 2.04. The van der Waals surface area contributed by atoms with E-state index in [9.17, 15) is 4.39 Å². The van der Waals surface area contributed by atoms with Crippen molar-refractivity contribution in [2.24, 2.45) is 0 Å². The van der Waals surface area contributed by atoms with Gasteiger partial charge in [0.1, 0.15) is 0 Å². The zero-order valence-electron chi connectivity index (χ0n) is 11.4. The predicted octanol–water partition coefficient (Wildman–Crippen LogP) is 3.71. The van der Waals surface area contributed by atoms with E-state index < -0.39 is 5.82 Å². The molecule has 106 valence electrons. The lowest BCUT2D eigenvalue weighted by atomic mass is 10.1. The third-order valence-corrected chi connectivity index (χ3v) is 3.28. The van der Waals surface area contributed by atoms with Crippen LogP contribution in [-0.4, -0.2) is 12.1 Å². The van der Waals surface area contributed by atoms with Crippen molar-refractivity contribution in [3.05, 3.63) is 54.6 Å². The van der Waals surface area contributed by atoms with Crippen LogP contribution in [-0.2, 0) is 0 Å². The number of nitrogens with zero attached hydrogens (tertiary/aromatic N) is 1. The quantitative estimate of drug-likeness (QED) is 0.719. The molecule has 3 rings (SSSR count). The summed E-state index contributed by atoms with van der Waals surface area (Å²) in [6.07, 6.45) is 3.44. The maximum absolute atomic E-state index is 13.4. The van der Waals surface area contributed by atoms with Gasteiger partial charge in [0, 0.05) is 46.3 Å². The Morgan fingerprint density at radius 1 is 1.14 bits per heavy atom. The molecule has 0 aliphatic heterocycles. The Kier molecular flexibility index (Phi) is 3.31. The van der Waals surface area contributed by atoms with Crippen LogP contribution in [0.2, 0.25) is 0 Å². The number of hydrogen-bond donors (Lipinski definition) is 2. The number of nitrogens with two attached hydrogens (primary N) is 1. The molecule has 3 N–H and O–H groups in total. The van der Waals surface area contributed by atoms with E-state index in [1.807, 2.05) is 18.2 Å². The van der Waals surface area contributed by atoms with Gasteiger partial charge in [-0.25, -0.2) is 4.39 Å². The average molecular weight is 283 g/mol. The summed E-state index contributed by atoms with van der Waals surface area (Å²) in [7, 11) is 1.44. The van der Waals surface area contributed by atoms with Crippen LogP contribution in [0.1, 0.15) is 0 Å². The van der Waals surface area contributed by atoms with Gasteiger partial charge in [-0.2, -0.15) is 0 Å². The molecule has 0 bridgehead atoms. The summed E-state index contributed by atoms with van der Waals surface area (Å²) < 4.78 is 18.4. The molecule has 4 nitrogen and oxygen atoms in total. The molecule has 21 heavy (non-hydrogen) atoms. The molecule has 0 radical (unpaired) electrons. The third-order valence-electron chi connectivity index (χ3n) is 3.28. The molecule has 3 aromatic rings. The first-order valence-electron chi connectivity index (χ1n) is 6.42. The molecule has 0 aliphatic rings. The summed E-state index contributed by atoms with van der Waals surface area (Å²) in [5.74, 6) is -0.204. The molecule has 2 aromatic carbocycles. The lowest BCUT2D eigenvalue weighted by Crippen LogP contribution is -1.96. The Labute approximate surface area is 121 Å². The first-order chi connectivity index (χ1) is 10.2. The van der Waals surface area contributed by atoms with Crippen LogP contribution in [0.3, 0.4) is 0 Å². The normalized spacial score (nSPS) is 10.6. The number of ether oxygens (including phenoxy) is 1. The number of benzene rings is 2. The maximum Gasteiger partial charge on any atom is 0.165 e. The fraction of sp³-hybridized carbons (Fsp3) is 0.0625. The number of nitrogen functional groups attached to an aromatic ring is 1. The van der Waals surface area contributed by atoms with E-state index in [-0.39, 0.29) is 5.75 Å². The average Bonchev–Trinajstić information content (AvgIpc) is 2.52. The summed E-state index contributed by atoms with van der Waals surface area (Å²) in [5.41, 5.74) is 8.22. The van der Waals surface area contributed by atoms with E-state index in [1.54, 1.807) is 24.5 Å². The van der Waals surface area contributed by atoms with E-state index >= 15 is 0 Å². The molecular formula is C16H14FN3O. The van der Waals surface area contributed by atoms with Crippen molar-refractivity contribution in [1.82, 2.24) is 4.98 Å². The Hall–Kier alpha value is -2.82. The van der Waals surface area contributed by atoms with E-state index in [1.165, 1.54) is 13.2 Å². The van der Waals surface area contributed by atoms with E-state index in [0.29, 0.717) is 5.69 Å². The fourth-order valence-electron chi connectivity index (χ4n) is 2.22. The fourth-order valence-corrected chi connectivity index (χ4v) is 2.22. The van der Waals surface area contributed by atoms with Crippen LogP contribution < -0.4 is 15.8 Å². The molecule has 1 heterocycles. The van der Waals surface area contributed by atoms with Crippen LogP contribution in [0.4, 0.5) is 21.5 Å². The lowest BCUT2D eigenvalue weighted by Gasteiger charge is -2.12. The van der Waals surface area contributed by atoms with E-state index in [0.717, 1.165) is 22.1 Å². The van der Waals surface area contributed by atoms with Gasteiger partial charge in [0.05, 0.1) is 7.11 Å². The largest absolute Gasteiger partial charge is 0.494 e. The molecular weight excluding hydrogens is 269 g/mol. The van der Waals surface area contributed by atoms with Gasteiger partial charge < -0.3 is 15.8 Å². The topological polar surface area (TPSA) is 60.2 Å². The standard InChI is InChI=1S/C16H14FN3O/c1-21-16-8-10(2-3-13(16)17)20-15-5-4-14(18)11-6-7-19-9-12(11)15/h2-9,20H,18H2,1H3. The zero-order valence-corrected chi connectivity index (χ0v) is 11.4. The number of aromatic nitrogens is 1. The van der Waals surface area contributed by atoms with Gasteiger partial charge >= 0.3 is 0 Å². The monoisotopic (exact) mass is 283 g/mol. The minimum absolute atomic E-state index is 0.192. The van der Waals surface area contributed by atoms with Crippen molar-refractivity contribution in [2.75, 3.05) is 18.2 Å². The van der Waals surface area contributed by atoms with Gasteiger partial charge in [0.25, 0.3) is 0 Å². The number of anilines is 3. The maximum atomic E-state index is 13.4. The highest BCUT2D eigenvalue weighted by atomic mass is 19.1. The first-order valence-corrected chi connectivity index (χ1v) is 6.42. The van der Waals surface area contributed by atoms with Crippen molar-refractivity contribution in [1.29, 1.82) is 0 Å². The van der Waals surface area contributed by atoms with Gasteiger partial charge in [-0.1, -0.05) is 0 Å². The molecule has 0 saturated heterocycles. The predicted molar refractivity (Wildman–Crippen MR) is 82.4 cm³/mol. The van der Waals surface area contributed by atoms with Gasteiger partial charge in [-0.15, -0.1) is 0 Å². The second kappa shape index (κ2) is 5.28. The molecule has 0 aliphatic carbocycles. The van der Waals surface area contributed by atoms with Crippen molar-refractivity contribution in [3.8, 4) is 5.75 Å². The Morgan fingerprint density at radius 3 is 2.81 bits per heavy atom. The number of nitrogens with one attached hydrogen (secondary N) is 1. The minimum atomic E-state index is -0.396. The van der Waals surface area contributed by atoms with Gasteiger partial charge in [-0.3, -0.25) is 4.98 Å². The number of fused-ring (bicyclic) bond motifs is 1.